The van der Waals surface area contributed by atoms with Gasteiger partial charge in [-0.25, -0.2) is 4.68 Å². The molecule has 0 radical (unpaired) electrons. The predicted molar refractivity (Wildman–Crippen MR) is 56.0 cm³/mol. The smallest absolute Gasteiger partial charge is 0.244 e. The molecule has 0 spiro atoms. The number of aromatic nitrogens is 2. The minimum Gasteiger partial charge on any atom is -0.295 e. The van der Waals surface area contributed by atoms with E-state index in [2.05, 4.69) is 5.10 Å². The highest BCUT2D eigenvalue weighted by Gasteiger charge is 2.07. The van der Waals surface area contributed by atoms with Crippen LogP contribution in [0.5, 0.6) is 0 Å². The second-order valence-electron chi connectivity index (χ2n) is 3.41. The first-order valence-electron chi connectivity index (χ1n) is 4.59. The van der Waals surface area contributed by atoms with Crippen molar-refractivity contribution in [2.24, 2.45) is 0 Å². The van der Waals surface area contributed by atoms with E-state index in [0.717, 1.165) is 10.9 Å². The molecule has 0 aliphatic carbocycles. The van der Waals surface area contributed by atoms with Crippen LogP contribution in [0.15, 0.2) is 24.4 Å². The average molecular weight is 202 g/mol. The van der Waals surface area contributed by atoms with E-state index < -0.39 is 0 Å². The fourth-order valence-corrected chi connectivity index (χ4v) is 1.50. The average Bonchev–Trinajstić information content (AvgIpc) is 2.59. The Labute approximate surface area is 86.5 Å². The monoisotopic (exact) mass is 202 g/mol. The first kappa shape index (κ1) is 9.58. The molecule has 0 unspecified atom stereocenters. The molecule has 0 amide bonds. The summed E-state index contributed by atoms with van der Waals surface area (Å²) < 4.78 is 1.32. The lowest BCUT2D eigenvalue weighted by Crippen LogP contribution is -2.06. The number of nitrogens with zero attached hydrogens (tertiary/aromatic N) is 2. The van der Waals surface area contributed by atoms with Crippen molar-refractivity contribution in [2.45, 2.75) is 13.8 Å². The molecular weight excluding hydrogens is 192 g/mol. The number of carbonyl (C=O) groups is 2. The SMILES string of the molecule is CC(=O)c1ccc2c(cnn2C(C)=O)c1. The molecule has 0 fully saturated rings. The van der Waals surface area contributed by atoms with Gasteiger partial charge in [-0.3, -0.25) is 9.59 Å². The topological polar surface area (TPSA) is 52.0 Å². The summed E-state index contributed by atoms with van der Waals surface area (Å²) in [6.45, 7) is 2.96. The number of carbonyl (C=O) groups excluding carboxylic acids is 2. The van der Waals surface area contributed by atoms with E-state index in [-0.39, 0.29) is 11.7 Å². The maximum absolute atomic E-state index is 11.2. The van der Waals surface area contributed by atoms with Crippen molar-refractivity contribution >= 4 is 22.6 Å². The van der Waals surface area contributed by atoms with E-state index in [1.54, 1.807) is 24.4 Å². The van der Waals surface area contributed by atoms with Crippen LogP contribution in [0.1, 0.15) is 29.0 Å². The van der Waals surface area contributed by atoms with Gasteiger partial charge in [0.1, 0.15) is 0 Å². The third-order valence-corrected chi connectivity index (χ3v) is 2.27. The van der Waals surface area contributed by atoms with Crippen LogP contribution in [0.2, 0.25) is 0 Å². The molecule has 76 valence electrons. The molecule has 1 aromatic carbocycles. The summed E-state index contributed by atoms with van der Waals surface area (Å²) in [5.74, 6) is -0.131. The fourth-order valence-electron chi connectivity index (χ4n) is 1.50. The molecule has 0 aliphatic heterocycles. The van der Waals surface area contributed by atoms with Crippen molar-refractivity contribution in [3.05, 3.63) is 30.0 Å². The molecule has 0 atom stereocenters. The van der Waals surface area contributed by atoms with Crippen LogP contribution in [0, 0.1) is 0 Å². The van der Waals surface area contributed by atoms with Gasteiger partial charge < -0.3 is 0 Å². The second kappa shape index (κ2) is 3.31. The minimum absolute atomic E-state index is 0.00692. The summed E-state index contributed by atoms with van der Waals surface area (Å²) in [5.41, 5.74) is 1.36. The van der Waals surface area contributed by atoms with Gasteiger partial charge >= 0.3 is 0 Å². The van der Waals surface area contributed by atoms with Gasteiger partial charge in [-0.2, -0.15) is 5.10 Å². The van der Waals surface area contributed by atoms with Crippen molar-refractivity contribution in [2.75, 3.05) is 0 Å². The van der Waals surface area contributed by atoms with Crippen molar-refractivity contribution in [1.29, 1.82) is 0 Å². The quantitative estimate of drug-likeness (QED) is 0.663. The van der Waals surface area contributed by atoms with Gasteiger partial charge in [0.15, 0.2) is 5.78 Å². The van der Waals surface area contributed by atoms with Crippen LogP contribution in [0.4, 0.5) is 0 Å². The molecule has 2 rings (SSSR count). The van der Waals surface area contributed by atoms with Crippen LogP contribution in [-0.2, 0) is 0 Å². The molecule has 1 heterocycles. The molecule has 0 saturated carbocycles. The van der Waals surface area contributed by atoms with Gasteiger partial charge in [0.25, 0.3) is 0 Å². The highest BCUT2D eigenvalue weighted by Crippen LogP contribution is 2.15. The highest BCUT2D eigenvalue weighted by atomic mass is 16.2. The van der Waals surface area contributed by atoms with Gasteiger partial charge in [0.2, 0.25) is 5.91 Å². The Morgan fingerprint density at radius 3 is 2.60 bits per heavy atom. The van der Waals surface area contributed by atoms with Gasteiger partial charge in [-0.1, -0.05) is 0 Å². The van der Waals surface area contributed by atoms with E-state index in [9.17, 15) is 9.59 Å². The van der Waals surface area contributed by atoms with Crippen molar-refractivity contribution in [3.8, 4) is 0 Å². The predicted octanol–water partition coefficient (Wildman–Crippen LogP) is 1.90. The van der Waals surface area contributed by atoms with E-state index in [1.807, 2.05) is 0 Å². The molecule has 4 heteroatoms. The van der Waals surface area contributed by atoms with Crippen LogP contribution in [0.25, 0.3) is 10.9 Å². The molecule has 15 heavy (non-hydrogen) atoms. The van der Waals surface area contributed by atoms with Gasteiger partial charge in [-0.05, 0) is 25.1 Å². The molecule has 0 N–H and O–H groups in total. The summed E-state index contributed by atoms with van der Waals surface area (Å²) in [4.78, 5) is 22.3. The zero-order valence-corrected chi connectivity index (χ0v) is 8.52. The number of ketones is 1. The fraction of sp³-hybridized carbons (Fsp3) is 0.182. The summed E-state index contributed by atoms with van der Waals surface area (Å²) in [7, 11) is 0. The number of Topliss-reactive ketones (excluding diaryl/α,β-unsaturated/α-hetero) is 1. The normalized spacial score (nSPS) is 10.5. The van der Waals surface area contributed by atoms with Crippen molar-refractivity contribution < 1.29 is 9.59 Å². The minimum atomic E-state index is -0.138. The van der Waals surface area contributed by atoms with Crippen LogP contribution >= 0.6 is 0 Å². The number of benzene rings is 1. The molecule has 4 nitrogen and oxygen atoms in total. The Balaban J connectivity index is 2.66. The number of hydrogen-bond donors (Lipinski definition) is 0. The molecule has 1 aromatic heterocycles. The summed E-state index contributed by atoms with van der Waals surface area (Å²) >= 11 is 0. The van der Waals surface area contributed by atoms with E-state index in [4.69, 9.17) is 0 Å². The Kier molecular flexibility index (Phi) is 2.11. The largest absolute Gasteiger partial charge is 0.295 e. The Bertz CT molecular complexity index is 555. The van der Waals surface area contributed by atoms with Crippen LogP contribution in [0.3, 0.4) is 0 Å². The Morgan fingerprint density at radius 1 is 1.27 bits per heavy atom. The maximum Gasteiger partial charge on any atom is 0.244 e. The first-order chi connectivity index (χ1) is 7.09. The first-order valence-corrected chi connectivity index (χ1v) is 4.59. The van der Waals surface area contributed by atoms with Crippen LogP contribution in [-0.4, -0.2) is 21.5 Å². The number of rotatable bonds is 1. The van der Waals surface area contributed by atoms with E-state index >= 15 is 0 Å². The molecule has 0 aliphatic rings. The summed E-state index contributed by atoms with van der Waals surface area (Å²) in [6.07, 6.45) is 1.59. The summed E-state index contributed by atoms with van der Waals surface area (Å²) in [5, 5.41) is 4.75. The lowest BCUT2D eigenvalue weighted by atomic mass is 10.1. The molecule has 0 bridgehead atoms. The van der Waals surface area contributed by atoms with Gasteiger partial charge in [0.05, 0.1) is 11.7 Å². The zero-order chi connectivity index (χ0) is 11.0. The van der Waals surface area contributed by atoms with Crippen molar-refractivity contribution in [3.63, 3.8) is 0 Å². The van der Waals surface area contributed by atoms with E-state index in [1.165, 1.54) is 18.5 Å². The van der Waals surface area contributed by atoms with E-state index in [0.29, 0.717) is 5.56 Å². The molecule has 2 aromatic rings. The third kappa shape index (κ3) is 1.54. The Morgan fingerprint density at radius 2 is 2.00 bits per heavy atom. The van der Waals surface area contributed by atoms with Crippen molar-refractivity contribution in [1.82, 2.24) is 9.78 Å². The van der Waals surface area contributed by atoms with Gasteiger partial charge in [0, 0.05) is 17.9 Å². The maximum atomic E-state index is 11.2. The number of hydrogen-bond acceptors (Lipinski definition) is 3. The summed E-state index contributed by atoms with van der Waals surface area (Å²) in [6, 6.07) is 5.18. The highest BCUT2D eigenvalue weighted by molar-refractivity contribution is 5.99. The lowest BCUT2D eigenvalue weighted by molar-refractivity contribution is 0.0926. The number of fused-ring (bicyclic) bond motifs is 1. The lowest BCUT2D eigenvalue weighted by Gasteiger charge is -1.98. The zero-order valence-electron chi connectivity index (χ0n) is 8.52. The molecule has 0 saturated heterocycles. The second-order valence-corrected chi connectivity index (χ2v) is 3.41. The third-order valence-electron chi connectivity index (χ3n) is 2.27. The van der Waals surface area contributed by atoms with Gasteiger partial charge in [-0.15, -0.1) is 0 Å². The Hall–Kier alpha value is -1.97. The molecular formula is C11H10N2O2. The standard InChI is InChI=1S/C11H10N2O2/c1-7(14)9-3-4-11-10(5-9)6-12-13(11)8(2)15/h3-6H,1-2H3. The van der Waals surface area contributed by atoms with Crippen LogP contribution < -0.4 is 0 Å².